The van der Waals surface area contributed by atoms with Crippen molar-refractivity contribution in [1.82, 2.24) is 14.8 Å². The molecular weight excluding hydrogens is 266 g/mol. The second kappa shape index (κ2) is 5.39. The van der Waals surface area contributed by atoms with Crippen LogP contribution in [0.1, 0.15) is 18.4 Å². The summed E-state index contributed by atoms with van der Waals surface area (Å²) < 4.78 is 5.77. The molecule has 1 aliphatic carbocycles. The highest BCUT2D eigenvalue weighted by Crippen LogP contribution is 2.33. The zero-order valence-electron chi connectivity index (χ0n) is 12.1. The Morgan fingerprint density at radius 3 is 3.00 bits per heavy atom. The highest BCUT2D eigenvalue weighted by atomic mass is 16.5. The highest BCUT2D eigenvalue weighted by Gasteiger charge is 2.44. The number of fused-ring (bicyclic) bond motifs is 1. The van der Waals surface area contributed by atoms with E-state index in [4.69, 9.17) is 4.74 Å². The van der Waals surface area contributed by atoms with Gasteiger partial charge in [-0.2, -0.15) is 0 Å². The third kappa shape index (κ3) is 2.80. The van der Waals surface area contributed by atoms with Gasteiger partial charge in [0.25, 0.3) is 0 Å². The van der Waals surface area contributed by atoms with E-state index in [1.165, 1.54) is 18.4 Å². The second-order valence-corrected chi connectivity index (χ2v) is 6.46. The number of ether oxygens (including phenoxy) is 1. The molecule has 0 spiro atoms. The molecule has 1 amide bonds. The van der Waals surface area contributed by atoms with Gasteiger partial charge in [0.1, 0.15) is 6.61 Å². The van der Waals surface area contributed by atoms with Crippen molar-refractivity contribution in [2.24, 2.45) is 5.92 Å². The first-order valence-corrected chi connectivity index (χ1v) is 7.82. The maximum atomic E-state index is 12.1. The number of hydrogen-bond donors (Lipinski definition) is 0. The number of morpholine rings is 1. The summed E-state index contributed by atoms with van der Waals surface area (Å²) in [5.41, 5.74) is 1.22. The topological polar surface area (TPSA) is 45.7 Å². The predicted octanol–water partition coefficient (Wildman–Crippen LogP) is 0.903. The fourth-order valence-corrected chi connectivity index (χ4v) is 3.44. The Labute approximate surface area is 124 Å². The number of carbonyl (C=O) groups is 1. The molecule has 0 bridgehead atoms. The van der Waals surface area contributed by atoms with Crippen LogP contribution >= 0.6 is 0 Å². The van der Waals surface area contributed by atoms with Crippen LogP contribution in [-0.4, -0.2) is 59.1 Å². The Morgan fingerprint density at radius 1 is 1.33 bits per heavy atom. The molecule has 1 aromatic heterocycles. The van der Waals surface area contributed by atoms with Gasteiger partial charge in [0.2, 0.25) is 5.91 Å². The van der Waals surface area contributed by atoms with Crippen LogP contribution in [0.2, 0.25) is 0 Å². The third-order valence-corrected chi connectivity index (χ3v) is 4.73. The van der Waals surface area contributed by atoms with Crippen LogP contribution in [0.5, 0.6) is 0 Å². The lowest BCUT2D eigenvalue weighted by Gasteiger charge is -2.36. The van der Waals surface area contributed by atoms with E-state index in [0.29, 0.717) is 0 Å². The van der Waals surface area contributed by atoms with Gasteiger partial charge in [-0.3, -0.25) is 14.7 Å². The molecule has 1 saturated carbocycles. The van der Waals surface area contributed by atoms with Gasteiger partial charge in [-0.05, 0) is 30.4 Å². The summed E-state index contributed by atoms with van der Waals surface area (Å²) in [6.45, 7) is 3.90. The Balaban J connectivity index is 1.43. The summed E-state index contributed by atoms with van der Waals surface area (Å²) in [6.07, 6.45) is 6.45. The van der Waals surface area contributed by atoms with Crippen molar-refractivity contribution in [3.63, 3.8) is 0 Å². The van der Waals surface area contributed by atoms with Gasteiger partial charge in [-0.25, -0.2) is 0 Å². The first-order chi connectivity index (χ1) is 10.3. The molecule has 4 rings (SSSR count). The first kappa shape index (κ1) is 13.2. The van der Waals surface area contributed by atoms with E-state index in [0.717, 1.165) is 32.1 Å². The summed E-state index contributed by atoms with van der Waals surface area (Å²) in [5.74, 6) is 0.909. The molecular formula is C16H21N3O2. The Hall–Kier alpha value is -1.46. The summed E-state index contributed by atoms with van der Waals surface area (Å²) in [5, 5.41) is 0. The molecule has 3 aliphatic rings. The molecule has 5 heteroatoms. The maximum Gasteiger partial charge on any atom is 0.248 e. The molecule has 2 aliphatic heterocycles. The number of rotatable bonds is 4. The molecule has 0 unspecified atom stereocenters. The zero-order valence-corrected chi connectivity index (χ0v) is 12.1. The normalized spacial score (nSPS) is 29.7. The number of amides is 1. The predicted molar refractivity (Wildman–Crippen MR) is 77.5 cm³/mol. The summed E-state index contributed by atoms with van der Waals surface area (Å²) >= 11 is 0. The summed E-state index contributed by atoms with van der Waals surface area (Å²) in [6, 6.07) is 4.31. The van der Waals surface area contributed by atoms with Crippen molar-refractivity contribution in [1.29, 1.82) is 0 Å². The third-order valence-electron chi connectivity index (χ3n) is 4.73. The number of likely N-dealkylation sites (tertiary alicyclic amines) is 1. The lowest BCUT2D eigenvalue weighted by Crippen LogP contribution is -2.54. The Morgan fingerprint density at radius 2 is 2.24 bits per heavy atom. The number of carbonyl (C=O) groups excluding carboxylic acids is 1. The Kier molecular flexibility index (Phi) is 3.39. The number of pyridine rings is 1. The second-order valence-electron chi connectivity index (χ2n) is 6.46. The zero-order chi connectivity index (χ0) is 14.2. The molecule has 1 aromatic rings. The number of aromatic nitrogens is 1. The van der Waals surface area contributed by atoms with Gasteiger partial charge in [-0.15, -0.1) is 0 Å². The van der Waals surface area contributed by atoms with E-state index in [2.05, 4.69) is 20.9 Å². The van der Waals surface area contributed by atoms with Gasteiger partial charge in [0.15, 0.2) is 0 Å². The van der Waals surface area contributed by atoms with Gasteiger partial charge < -0.3 is 9.64 Å². The maximum absolute atomic E-state index is 12.1. The average Bonchev–Trinajstić information content (AvgIpc) is 3.22. The van der Waals surface area contributed by atoms with Gasteiger partial charge in [0.05, 0.1) is 12.1 Å². The standard InChI is InChI=1S/C16H21N3O2/c20-16-11-21-15-10-18(7-13-2-1-5-17-6-13)9-14(15)19(16)8-12-3-4-12/h1-2,5-6,12,14-15H,3-4,7-11H2/t14-,15-/m1/s1. The quantitative estimate of drug-likeness (QED) is 0.825. The van der Waals surface area contributed by atoms with E-state index in [1.807, 2.05) is 12.3 Å². The van der Waals surface area contributed by atoms with Crippen molar-refractivity contribution >= 4 is 5.91 Å². The smallest absolute Gasteiger partial charge is 0.248 e. The SMILES string of the molecule is O=C1CO[C@@H]2CN(Cc3cccnc3)C[C@H]2N1CC1CC1. The average molecular weight is 287 g/mol. The van der Waals surface area contributed by atoms with Crippen molar-refractivity contribution < 1.29 is 9.53 Å². The molecule has 5 nitrogen and oxygen atoms in total. The van der Waals surface area contributed by atoms with Crippen LogP contribution in [0.4, 0.5) is 0 Å². The van der Waals surface area contributed by atoms with E-state index >= 15 is 0 Å². The molecule has 0 aromatic carbocycles. The minimum absolute atomic E-state index is 0.173. The summed E-state index contributed by atoms with van der Waals surface area (Å²) in [4.78, 5) is 20.8. The van der Waals surface area contributed by atoms with Crippen molar-refractivity contribution in [2.75, 3.05) is 26.2 Å². The molecule has 112 valence electrons. The minimum Gasteiger partial charge on any atom is -0.365 e. The van der Waals surface area contributed by atoms with Crippen molar-refractivity contribution in [3.8, 4) is 0 Å². The molecule has 3 heterocycles. The van der Waals surface area contributed by atoms with E-state index in [-0.39, 0.29) is 24.7 Å². The van der Waals surface area contributed by atoms with Crippen molar-refractivity contribution in [3.05, 3.63) is 30.1 Å². The van der Waals surface area contributed by atoms with Crippen LogP contribution in [0.15, 0.2) is 24.5 Å². The van der Waals surface area contributed by atoms with Crippen LogP contribution < -0.4 is 0 Å². The first-order valence-electron chi connectivity index (χ1n) is 7.82. The molecule has 2 saturated heterocycles. The minimum atomic E-state index is 0.173. The fourth-order valence-electron chi connectivity index (χ4n) is 3.44. The van der Waals surface area contributed by atoms with Gasteiger partial charge in [-0.1, -0.05) is 6.07 Å². The van der Waals surface area contributed by atoms with Crippen LogP contribution in [0.25, 0.3) is 0 Å². The molecule has 2 atom stereocenters. The Bertz CT molecular complexity index is 518. The lowest BCUT2D eigenvalue weighted by molar-refractivity contribution is -0.153. The molecule has 21 heavy (non-hydrogen) atoms. The van der Waals surface area contributed by atoms with Crippen molar-refractivity contribution in [2.45, 2.75) is 31.5 Å². The molecule has 3 fully saturated rings. The van der Waals surface area contributed by atoms with E-state index in [1.54, 1.807) is 6.20 Å². The van der Waals surface area contributed by atoms with Crippen LogP contribution in [0, 0.1) is 5.92 Å². The lowest BCUT2D eigenvalue weighted by atomic mass is 10.1. The van der Waals surface area contributed by atoms with Gasteiger partial charge in [0, 0.05) is 38.6 Å². The number of nitrogens with zero attached hydrogens (tertiary/aromatic N) is 3. The van der Waals surface area contributed by atoms with Crippen LogP contribution in [-0.2, 0) is 16.1 Å². The monoisotopic (exact) mass is 287 g/mol. The van der Waals surface area contributed by atoms with Crippen LogP contribution in [0.3, 0.4) is 0 Å². The van der Waals surface area contributed by atoms with E-state index in [9.17, 15) is 4.79 Å². The highest BCUT2D eigenvalue weighted by molar-refractivity contribution is 5.78. The fraction of sp³-hybridized carbons (Fsp3) is 0.625. The largest absolute Gasteiger partial charge is 0.365 e. The van der Waals surface area contributed by atoms with Gasteiger partial charge >= 0.3 is 0 Å². The number of hydrogen-bond acceptors (Lipinski definition) is 4. The summed E-state index contributed by atoms with van der Waals surface area (Å²) in [7, 11) is 0. The van der Waals surface area contributed by atoms with E-state index < -0.39 is 0 Å². The molecule has 0 radical (unpaired) electrons. The molecule has 0 N–H and O–H groups in total.